The monoisotopic (exact) mass is 340 g/mol. The molecule has 2 aliphatic carbocycles. The molecular weight excluding hydrogens is 320 g/mol. The predicted molar refractivity (Wildman–Crippen MR) is 79.6 cm³/mol. The van der Waals surface area contributed by atoms with Crippen LogP contribution in [0.5, 0.6) is 11.5 Å². The third-order valence-corrected chi connectivity index (χ3v) is 5.26. The van der Waals surface area contributed by atoms with Gasteiger partial charge in [0.1, 0.15) is 23.2 Å². The molecule has 2 aliphatic rings. The summed E-state index contributed by atoms with van der Waals surface area (Å²) in [5.41, 5.74) is -2.26. The Morgan fingerprint density at radius 1 is 1.12 bits per heavy atom. The molecule has 7 unspecified atom stereocenters. The minimum atomic E-state index is -2.11. The number of Topliss-reactive ketones (excluding diaryl/α,β-unsaturated/α-hetero) is 1. The predicted octanol–water partition coefficient (Wildman–Crippen LogP) is -1.29. The van der Waals surface area contributed by atoms with Crippen molar-refractivity contribution in [2.24, 2.45) is 11.8 Å². The van der Waals surface area contributed by atoms with Crippen LogP contribution < -0.4 is 4.74 Å². The van der Waals surface area contributed by atoms with Gasteiger partial charge in [-0.1, -0.05) is 0 Å². The van der Waals surface area contributed by atoms with E-state index in [1.807, 2.05) is 0 Å². The SMILES string of the molecule is COc1cc(O)c2c(c1)C(O)C1C(C2=O)C(O)C(O)C(C)(O)C1O. The van der Waals surface area contributed by atoms with Gasteiger partial charge >= 0.3 is 0 Å². The first-order chi connectivity index (χ1) is 11.1. The average Bonchev–Trinajstić information content (AvgIpc) is 2.53. The summed E-state index contributed by atoms with van der Waals surface area (Å²) in [6.07, 6.45) is -6.61. The van der Waals surface area contributed by atoms with E-state index in [9.17, 15) is 35.4 Å². The van der Waals surface area contributed by atoms with Gasteiger partial charge in [0.25, 0.3) is 0 Å². The zero-order chi connectivity index (χ0) is 18.0. The van der Waals surface area contributed by atoms with Crippen LogP contribution in [0.3, 0.4) is 0 Å². The maximum atomic E-state index is 12.8. The number of carbonyl (C=O) groups excluding carboxylic acids is 1. The highest BCUT2D eigenvalue weighted by Gasteiger charge is 2.61. The van der Waals surface area contributed by atoms with Gasteiger partial charge < -0.3 is 35.4 Å². The highest BCUT2D eigenvalue weighted by molar-refractivity contribution is 6.03. The fraction of sp³-hybridized carbons (Fsp3) is 0.562. The second kappa shape index (κ2) is 5.40. The van der Waals surface area contributed by atoms with E-state index in [0.29, 0.717) is 0 Å². The van der Waals surface area contributed by atoms with Gasteiger partial charge in [-0.15, -0.1) is 0 Å². The molecule has 1 aromatic carbocycles. The van der Waals surface area contributed by atoms with Crippen LogP contribution in [0, 0.1) is 11.8 Å². The standard InChI is InChI=1S/C16H20O8/c1-16(23)14(21)10-9(13(20)15(16)22)12(19)8-6(11(10)18)3-5(24-2)4-7(8)17/h3-4,9-11,13-15,17-18,20-23H,1-2H3. The molecule has 0 heterocycles. The average molecular weight is 340 g/mol. The normalized spacial score (nSPS) is 41.5. The molecule has 0 aromatic heterocycles. The van der Waals surface area contributed by atoms with Gasteiger partial charge in [-0.2, -0.15) is 0 Å². The number of ketones is 1. The van der Waals surface area contributed by atoms with Gasteiger partial charge in [0, 0.05) is 12.0 Å². The molecule has 132 valence electrons. The smallest absolute Gasteiger partial charge is 0.173 e. The molecule has 24 heavy (non-hydrogen) atoms. The minimum Gasteiger partial charge on any atom is -0.507 e. The number of hydrogen-bond donors (Lipinski definition) is 6. The molecule has 1 aromatic rings. The number of methoxy groups -OCH3 is 1. The molecular formula is C16H20O8. The first-order valence-corrected chi connectivity index (χ1v) is 7.52. The first-order valence-electron chi connectivity index (χ1n) is 7.52. The van der Waals surface area contributed by atoms with Gasteiger partial charge in [-0.3, -0.25) is 4.79 Å². The number of fused-ring (bicyclic) bond motifs is 2. The van der Waals surface area contributed by atoms with Crippen LogP contribution >= 0.6 is 0 Å². The molecule has 1 fully saturated rings. The summed E-state index contributed by atoms with van der Waals surface area (Å²) in [5, 5.41) is 61.7. The number of ether oxygens (including phenoxy) is 1. The quantitative estimate of drug-likeness (QED) is 0.370. The Morgan fingerprint density at radius 2 is 1.75 bits per heavy atom. The number of aliphatic hydroxyl groups is 5. The van der Waals surface area contributed by atoms with Crippen molar-refractivity contribution in [2.75, 3.05) is 7.11 Å². The summed E-state index contributed by atoms with van der Waals surface area (Å²) in [6.45, 7) is 1.12. The molecule has 0 radical (unpaired) electrons. The topological polar surface area (TPSA) is 148 Å². The fourth-order valence-corrected chi connectivity index (χ4v) is 3.85. The number of phenolic OH excluding ortho intramolecular Hbond substituents is 1. The Bertz CT molecular complexity index is 685. The van der Waals surface area contributed by atoms with Crippen molar-refractivity contribution < 1.29 is 40.2 Å². The molecule has 1 saturated carbocycles. The lowest BCUT2D eigenvalue weighted by atomic mass is 9.59. The molecule has 8 heteroatoms. The van der Waals surface area contributed by atoms with E-state index in [-0.39, 0.29) is 16.9 Å². The first kappa shape index (κ1) is 17.1. The Balaban J connectivity index is 2.20. The fourth-order valence-electron chi connectivity index (χ4n) is 3.85. The van der Waals surface area contributed by atoms with Crippen LogP contribution in [-0.4, -0.2) is 67.4 Å². The number of benzene rings is 1. The number of hydrogen-bond acceptors (Lipinski definition) is 8. The molecule has 3 rings (SSSR count). The Kier molecular flexibility index (Phi) is 3.85. The third kappa shape index (κ3) is 2.08. The number of phenols is 1. The lowest BCUT2D eigenvalue weighted by molar-refractivity contribution is -0.240. The summed E-state index contributed by atoms with van der Waals surface area (Å²) >= 11 is 0. The molecule has 0 bridgehead atoms. The second-order valence-electron chi connectivity index (χ2n) is 6.63. The largest absolute Gasteiger partial charge is 0.507 e. The molecule has 0 spiro atoms. The number of carbonyl (C=O) groups is 1. The number of rotatable bonds is 1. The van der Waals surface area contributed by atoms with Gasteiger partial charge in [0.2, 0.25) is 0 Å². The van der Waals surface area contributed by atoms with Crippen LogP contribution in [0.15, 0.2) is 12.1 Å². The Morgan fingerprint density at radius 3 is 2.33 bits per heavy atom. The Labute approximate surface area is 137 Å². The zero-order valence-corrected chi connectivity index (χ0v) is 13.1. The summed E-state index contributed by atoms with van der Waals surface area (Å²) in [6, 6.07) is 2.55. The van der Waals surface area contributed by atoms with E-state index < -0.39 is 53.4 Å². The molecule has 0 saturated heterocycles. The minimum absolute atomic E-state index is 0.0385. The summed E-state index contributed by atoms with van der Waals surface area (Å²) in [4.78, 5) is 12.8. The third-order valence-electron chi connectivity index (χ3n) is 5.26. The summed E-state index contributed by atoms with van der Waals surface area (Å²) < 4.78 is 5.00. The number of aromatic hydroxyl groups is 1. The van der Waals surface area contributed by atoms with Crippen molar-refractivity contribution in [3.63, 3.8) is 0 Å². The zero-order valence-electron chi connectivity index (χ0n) is 13.1. The maximum absolute atomic E-state index is 12.8. The lowest BCUT2D eigenvalue weighted by Crippen LogP contribution is -2.68. The van der Waals surface area contributed by atoms with Crippen LogP contribution in [0.1, 0.15) is 28.9 Å². The molecule has 0 aliphatic heterocycles. The Hall–Kier alpha value is -1.71. The molecule has 8 nitrogen and oxygen atoms in total. The van der Waals surface area contributed by atoms with Gasteiger partial charge in [-0.05, 0) is 18.6 Å². The number of aliphatic hydroxyl groups excluding tert-OH is 4. The highest BCUT2D eigenvalue weighted by atomic mass is 16.5. The van der Waals surface area contributed by atoms with Crippen molar-refractivity contribution in [1.82, 2.24) is 0 Å². The van der Waals surface area contributed by atoms with E-state index in [1.165, 1.54) is 19.2 Å². The maximum Gasteiger partial charge on any atom is 0.173 e. The van der Waals surface area contributed by atoms with E-state index in [2.05, 4.69) is 0 Å². The van der Waals surface area contributed by atoms with Crippen molar-refractivity contribution in [2.45, 2.75) is 36.9 Å². The van der Waals surface area contributed by atoms with Crippen molar-refractivity contribution >= 4 is 5.78 Å². The van der Waals surface area contributed by atoms with Gasteiger partial charge in [0.05, 0.1) is 36.9 Å². The van der Waals surface area contributed by atoms with E-state index in [1.54, 1.807) is 0 Å². The van der Waals surface area contributed by atoms with Crippen LogP contribution in [0.4, 0.5) is 0 Å². The molecule has 6 N–H and O–H groups in total. The van der Waals surface area contributed by atoms with Crippen LogP contribution in [0.2, 0.25) is 0 Å². The highest BCUT2D eigenvalue weighted by Crippen LogP contribution is 2.51. The summed E-state index contributed by atoms with van der Waals surface area (Å²) in [5.74, 6) is -3.56. The van der Waals surface area contributed by atoms with Crippen molar-refractivity contribution in [3.8, 4) is 11.5 Å². The van der Waals surface area contributed by atoms with Crippen LogP contribution in [-0.2, 0) is 0 Å². The van der Waals surface area contributed by atoms with Gasteiger partial charge in [0.15, 0.2) is 5.78 Å². The molecule has 7 atom stereocenters. The summed E-state index contributed by atoms with van der Waals surface area (Å²) in [7, 11) is 1.35. The van der Waals surface area contributed by atoms with Crippen molar-refractivity contribution in [3.05, 3.63) is 23.3 Å². The van der Waals surface area contributed by atoms with E-state index in [4.69, 9.17) is 4.74 Å². The van der Waals surface area contributed by atoms with E-state index >= 15 is 0 Å². The second-order valence-corrected chi connectivity index (χ2v) is 6.63. The van der Waals surface area contributed by atoms with Crippen molar-refractivity contribution in [1.29, 1.82) is 0 Å². The van der Waals surface area contributed by atoms with Crippen LogP contribution in [0.25, 0.3) is 0 Å². The molecule has 0 amide bonds. The lowest BCUT2D eigenvalue weighted by Gasteiger charge is -2.52. The van der Waals surface area contributed by atoms with Gasteiger partial charge in [-0.25, -0.2) is 0 Å². The van der Waals surface area contributed by atoms with E-state index in [0.717, 1.165) is 6.92 Å².